The van der Waals surface area contributed by atoms with Crippen LogP contribution in [0.4, 0.5) is 0 Å². The summed E-state index contributed by atoms with van der Waals surface area (Å²) in [7, 11) is 0. The van der Waals surface area contributed by atoms with Crippen LogP contribution in [0, 0.1) is 5.41 Å². The molecule has 8 amide bonds. The zero-order chi connectivity index (χ0) is 57.7. The van der Waals surface area contributed by atoms with E-state index in [0.29, 0.717) is 44.2 Å². The number of aromatic amines is 1. The number of hydrogen-bond donors (Lipinski definition) is 11. The minimum absolute atomic E-state index is 0.00670. The number of guanidine groups is 1. The highest BCUT2D eigenvalue weighted by molar-refractivity contribution is 5.98. The first-order chi connectivity index (χ1) is 39.2. The molecule has 2 aliphatic heterocycles. The number of benzene rings is 4. The van der Waals surface area contributed by atoms with Gasteiger partial charge in [-0.2, -0.15) is 0 Å². The lowest BCUT2D eigenvalue weighted by molar-refractivity contribution is -0.143. The number of hydrogen-bond acceptors (Lipinski definition) is 10. The summed E-state index contributed by atoms with van der Waals surface area (Å²) >= 11 is 0. The van der Waals surface area contributed by atoms with Crippen LogP contribution in [0.1, 0.15) is 101 Å². The van der Waals surface area contributed by atoms with E-state index in [2.05, 4.69) is 47.5 Å². The van der Waals surface area contributed by atoms with Crippen molar-refractivity contribution in [1.82, 2.24) is 52.4 Å². The Hall–Kier alpha value is -8.33. The van der Waals surface area contributed by atoms with Gasteiger partial charge in [-0.15, -0.1) is 0 Å². The first-order valence-electron chi connectivity index (χ1n) is 28.3. The Morgan fingerprint density at radius 1 is 0.753 bits per heavy atom. The van der Waals surface area contributed by atoms with E-state index in [1.807, 2.05) is 104 Å². The van der Waals surface area contributed by atoms with Crippen molar-refractivity contribution < 1.29 is 43.1 Å². The standard InChI is InChI=1S/C60H78N12O9/c1-3-4-24-47(67-38(2)73)55(76)69-49-27-28-53(74)63-29-13-6-14-30-64-54(75)50(33-42-35-66-46-25-12-11-23-45(42)46)70-56(77)48(26-16-31-65-60(61)62)68-57(78)51(32-41-21-15-20-40-19-9-10-22-44(40)41)71-58(79)52-34-43(36-72(52)59(49)80)81-37-39-17-7-5-8-18-39/h5,7-12,15,17-23,25,35,43,47-52,66H,3-4,6,13-14,16,24,26-34,36-37H2,1-2H3,(H,63,74)(H,64,75)(H,67,73)(H,68,78)(H,69,76)(H,70,77)(H,71,79)(H4,61,62,65)/t43?,47-,48-,49-,50-,51+,52?/m0/s1. The first-order valence-corrected chi connectivity index (χ1v) is 28.3. The summed E-state index contributed by atoms with van der Waals surface area (Å²) in [6.45, 7) is 4.05. The minimum atomic E-state index is -1.36. The summed E-state index contributed by atoms with van der Waals surface area (Å²) in [4.78, 5) is 119. The Balaban J connectivity index is 1.26. The van der Waals surface area contributed by atoms with Crippen molar-refractivity contribution in [2.45, 2.75) is 146 Å². The van der Waals surface area contributed by atoms with Gasteiger partial charge in [-0.3, -0.25) is 43.8 Å². The van der Waals surface area contributed by atoms with E-state index in [0.717, 1.165) is 39.2 Å². The maximum Gasteiger partial charge on any atom is 0.245 e. The molecule has 2 unspecified atom stereocenters. The van der Waals surface area contributed by atoms with Crippen LogP contribution >= 0.6 is 0 Å². The van der Waals surface area contributed by atoms with Crippen LogP contribution in [0.2, 0.25) is 0 Å². The third kappa shape index (κ3) is 17.8. The van der Waals surface area contributed by atoms with Crippen molar-refractivity contribution in [3.63, 3.8) is 0 Å². The highest BCUT2D eigenvalue weighted by Gasteiger charge is 2.44. The molecule has 432 valence electrons. The van der Waals surface area contributed by atoms with E-state index >= 15 is 14.4 Å². The molecule has 7 atom stereocenters. The summed E-state index contributed by atoms with van der Waals surface area (Å²) in [6, 6.07) is 22.9. The van der Waals surface area contributed by atoms with Crippen LogP contribution in [0.5, 0.6) is 0 Å². The molecule has 7 rings (SSSR count). The van der Waals surface area contributed by atoms with Gasteiger partial charge in [-0.05, 0) is 78.5 Å². The maximum atomic E-state index is 15.2. The van der Waals surface area contributed by atoms with Gasteiger partial charge in [-0.25, -0.2) is 0 Å². The van der Waals surface area contributed by atoms with Crippen LogP contribution in [0.25, 0.3) is 21.7 Å². The molecule has 0 radical (unpaired) electrons. The number of carbonyl (C=O) groups is 8. The fourth-order valence-electron chi connectivity index (χ4n) is 10.4. The quantitative estimate of drug-likeness (QED) is 0.0364. The zero-order valence-corrected chi connectivity index (χ0v) is 46.3. The van der Waals surface area contributed by atoms with Crippen LogP contribution < -0.4 is 48.3 Å². The summed E-state index contributed by atoms with van der Waals surface area (Å²) in [5.41, 5.74) is 8.79. The van der Waals surface area contributed by atoms with Crippen LogP contribution in [0.3, 0.4) is 0 Å². The fraction of sp³-hybridized carbons (Fsp3) is 0.450. The smallest absolute Gasteiger partial charge is 0.245 e. The normalized spacial score (nSPS) is 21.5. The Labute approximate surface area is 472 Å². The molecule has 5 aromatic rings. The van der Waals surface area contributed by atoms with Crippen molar-refractivity contribution in [3.8, 4) is 0 Å². The molecule has 3 heterocycles. The van der Waals surface area contributed by atoms with Crippen molar-refractivity contribution >= 4 is 74.9 Å². The molecular formula is C60H78N12O9. The number of nitrogens with two attached hydrogens (primary N) is 1. The number of carbonyl (C=O) groups excluding carboxylic acids is 8. The number of unbranched alkanes of at least 4 members (excludes halogenated alkanes) is 1. The lowest BCUT2D eigenvalue weighted by Gasteiger charge is -2.31. The van der Waals surface area contributed by atoms with Gasteiger partial charge in [0.1, 0.15) is 36.3 Å². The molecule has 2 saturated heterocycles. The van der Waals surface area contributed by atoms with E-state index in [4.69, 9.17) is 15.9 Å². The minimum Gasteiger partial charge on any atom is -0.372 e. The Bertz CT molecular complexity index is 2980. The monoisotopic (exact) mass is 1110 g/mol. The van der Waals surface area contributed by atoms with E-state index < -0.39 is 83.7 Å². The highest BCUT2D eigenvalue weighted by Crippen LogP contribution is 2.26. The number of para-hydroxylation sites is 1. The predicted molar refractivity (Wildman–Crippen MR) is 308 cm³/mol. The predicted octanol–water partition coefficient (Wildman–Crippen LogP) is 3.39. The molecule has 81 heavy (non-hydrogen) atoms. The molecule has 2 fully saturated rings. The zero-order valence-electron chi connectivity index (χ0n) is 46.3. The number of amides is 8. The van der Waals surface area contributed by atoms with E-state index in [1.165, 1.54) is 11.8 Å². The number of aromatic nitrogens is 1. The lowest BCUT2D eigenvalue weighted by Crippen LogP contribution is -2.60. The SMILES string of the molecule is CCCC[C@H](NC(C)=O)C(=O)N[C@H]1CCC(=O)NCCCCCNC(=O)[C@H](Cc2c[nH]c3ccccc23)NC(=O)[C@H](CCCNC(=N)N)NC(=O)[C@@H](Cc2cccc3ccccc23)NC(=O)C2CC(OCc3ccccc3)CN2C1=O. The van der Waals surface area contributed by atoms with Gasteiger partial charge in [0.05, 0.1) is 12.7 Å². The van der Waals surface area contributed by atoms with Crippen molar-refractivity contribution in [1.29, 1.82) is 5.41 Å². The topological polar surface area (TPSA) is 311 Å². The van der Waals surface area contributed by atoms with Gasteiger partial charge >= 0.3 is 0 Å². The molecule has 0 bridgehead atoms. The number of H-pyrrole nitrogens is 1. The van der Waals surface area contributed by atoms with Gasteiger partial charge in [-0.1, -0.05) is 111 Å². The molecular weight excluding hydrogens is 1030 g/mol. The van der Waals surface area contributed by atoms with Crippen molar-refractivity contribution in [2.24, 2.45) is 5.73 Å². The first kappa shape index (κ1) is 60.3. The van der Waals surface area contributed by atoms with Gasteiger partial charge in [0.25, 0.3) is 0 Å². The Morgan fingerprint density at radius 3 is 2.19 bits per heavy atom. The van der Waals surface area contributed by atoms with E-state index in [9.17, 15) is 24.0 Å². The third-order valence-corrected chi connectivity index (χ3v) is 14.8. The number of nitrogens with zero attached hydrogens (tertiary/aromatic N) is 1. The number of fused-ring (bicyclic) bond motifs is 3. The van der Waals surface area contributed by atoms with E-state index in [1.54, 1.807) is 6.20 Å². The number of ether oxygens (including phenoxy) is 1. The third-order valence-electron chi connectivity index (χ3n) is 14.8. The molecule has 4 aromatic carbocycles. The van der Waals surface area contributed by atoms with Gasteiger partial charge in [0, 0.05) is 75.9 Å². The Morgan fingerprint density at radius 2 is 1.42 bits per heavy atom. The van der Waals surface area contributed by atoms with E-state index in [-0.39, 0.29) is 83.1 Å². The summed E-state index contributed by atoms with van der Waals surface area (Å²) in [5.74, 6) is -4.94. The molecule has 0 saturated carbocycles. The average molecular weight is 1110 g/mol. The van der Waals surface area contributed by atoms with Gasteiger partial charge < -0.3 is 62.9 Å². The molecule has 21 heteroatoms. The molecule has 0 aliphatic carbocycles. The maximum absolute atomic E-state index is 15.2. The molecule has 0 spiro atoms. The largest absolute Gasteiger partial charge is 0.372 e. The second-order valence-corrected chi connectivity index (χ2v) is 20.9. The van der Waals surface area contributed by atoms with Crippen LogP contribution in [-0.4, -0.2) is 132 Å². The molecule has 21 nitrogen and oxygen atoms in total. The summed E-state index contributed by atoms with van der Waals surface area (Å²) in [6.07, 6.45) is 4.44. The second-order valence-electron chi connectivity index (χ2n) is 20.9. The second kappa shape index (κ2) is 30.3. The van der Waals surface area contributed by atoms with Gasteiger partial charge in [0.15, 0.2) is 5.96 Å². The molecule has 2 aliphatic rings. The number of rotatable bonds is 17. The highest BCUT2D eigenvalue weighted by atomic mass is 16.5. The van der Waals surface area contributed by atoms with Crippen LogP contribution in [-0.2, 0) is 62.5 Å². The summed E-state index contributed by atoms with van der Waals surface area (Å²) < 4.78 is 6.39. The Kier molecular flexibility index (Phi) is 22.6. The molecule has 12 N–H and O–H groups in total. The van der Waals surface area contributed by atoms with Crippen molar-refractivity contribution in [3.05, 3.63) is 120 Å². The van der Waals surface area contributed by atoms with Crippen molar-refractivity contribution in [2.75, 3.05) is 26.2 Å². The fourth-order valence-corrected chi connectivity index (χ4v) is 10.4. The lowest BCUT2D eigenvalue weighted by atomic mass is 9.97. The number of nitrogens with one attached hydrogen (secondary N) is 10. The average Bonchev–Trinajstić information content (AvgIpc) is 4.09. The summed E-state index contributed by atoms with van der Waals surface area (Å²) in [5, 5.41) is 33.3. The molecule has 1 aromatic heterocycles. The van der Waals surface area contributed by atoms with Gasteiger partial charge in [0.2, 0.25) is 47.3 Å². The van der Waals surface area contributed by atoms with Crippen LogP contribution in [0.15, 0.2) is 103 Å².